The molecule has 0 aromatic carbocycles. The second-order valence-electron chi connectivity index (χ2n) is 2.98. The minimum Gasteiger partial charge on any atom is -0.480 e. The molecule has 0 radical (unpaired) electrons. The van der Waals surface area contributed by atoms with Crippen LogP contribution in [0.25, 0.3) is 0 Å². The molecule has 15 heavy (non-hydrogen) atoms. The van der Waals surface area contributed by atoms with Crippen LogP contribution in [0.4, 0.5) is 0 Å². The van der Waals surface area contributed by atoms with Crippen LogP contribution in [0.2, 0.25) is 0 Å². The fourth-order valence-electron chi connectivity index (χ4n) is 1.15. The molecule has 0 atom stereocenters. The van der Waals surface area contributed by atoms with Crippen LogP contribution in [0.3, 0.4) is 0 Å². The van der Waals surface area contributed by atoms with Gasteiger partial charge in [-0.05, 0) is 6.42 Å². The van der Waals surface area contributed by atoms with Crippen molar-refractivity contribution in [2.75, 3.05) is 13.1 Å². The molecule has 2 N–H and O–H groups in total. The summed E-state index contributed by atoms with van der Waals surface area (Å²) in [6, 6.07) is 0. The van der Waals surface area contributed by atoms with E-state index in [1.807, 2.05) is 6.92 Å². The summed E-state index contributed by atoms with van der Waals surface area (Å²) in [5.74, 6) is -1.46. The number of nitrogens with one attached hydrogen (secondary N) is 1. The van der Waals surface area contributed by atoms with Gasteiger partial charge in [-0.25, -0.2) is 0 Å². The first-order valence-corrected chi connectivity index (χ1v) is 4.52. The van der Waals surface area contributed by atoms with Crippen molar-refractivity contribution >= 4 is 11.9 Å². The molecule has 0 fully saturated rings. The van der Waals surface area contributed by atoms with E-state index in [0.29, 0.717) is 13.0 Å². The Kier molecular flexibility index (Phi) is 3.78. The minimum absolute atomic E-state index is 0.129. The lowest BCUT2D eigenvalue weighted by atomic mass is 10.3. The topological polar surface area (TPSA) is 99.2 Å². The Morgan fingerprint density at radius 3 is 2.80 bits per heavy atom. The molecule has 0 saturated heterocycles. The van der Waals surface area contributed by atoms with Crippen LogP contribution in [-0.4, -0.2) is 50.4 Å². The number of H-pyrrole nitrogens is 1. The van der Waals surface area contributed by atoms with Gasteiger partial charge < -0.3 is 10.0 Å². The molecule has 0 spiro atoms. The van der Waals surface area contributed by atoms with Gasteiger partial charge in [-0.1, -0.05) is 6.92 Å². The molecule has 1 rings (SSSR count). The number of carboxylic acids is 1. The minimum atomic E-state index is -1.04. The zero-order chi connectivity index (χ0) is 11.3. The normalized spacial score (nSPS) is 9.93. The number of hydrogen-bond acceptors (Lipinski definition) is 4. The average molecular weight is 212 g/mol. The molecule has 1 heterocycles. The summed E-state index contributed by atoms with van der Waals surface area (Å²) >= 11 is 0. The largest absolute Gasteiger partial charge is 0.480 e. The zero-order valence-electron chi connectivity index (χ0n) is 8.30. The lowest BCUT2D eigenvalue weighted by Crippen LogP contribution is -2.36. The number of carbonyl (C=O) groups excluding carboxylic acids is 1. The summed E-state index contributed by atoms with van der Waals surface area (Å²) in [5, 5.41) is 18.0. The lowest BCUT2D eigenvalue weighted by Gasteiger charge is -2.18. The van der Waals surface area contributed by atoms with Gasteiger partial charge in [0.25, 0.3) is 5.91 Å². The van der Waals surface area contributed by atoms with E-state index < -0.39 is 11.9 Å². The van der Waals surface area contributed by atoms with E-state index in [0.717, 1.165) is 0 Å². The molecular formula is C8H12N4O3. The number of carboxylic acid groups (broad SMARTS) is 1. The molecule has 1 aromatic heterocycles. The number of aliphatic carboxylic acids is 1. The Morgan fingerprint density at radius 1 is 1.60 bits per heavy atom. The highest BCUT2D eigenvalue weighted by atomic mass is 16.4. The SMILES string of the molecule is CCCN(CC(=O)O)C(=O)c1cn[nH]n1. The first kappa shape index (κ1) is 11.2. The average Bonchev–Trinajstić information content (AvgIpc) is 2.68. The van der Waals surface area contributed by atoms with E-state index in [1.54, 1.807) is 0 Å². The van der Waals surface area contributed by atoms with Crippen LogP contribution in [0, 0.1) is 0 Å². The summed E-state index contributed by atoms with van der Waals surface area (Å²) in [5.41, 5.74) is 0.129. The van der Waals surface area contributed by atoms with Crippen molar-refractivity contribution in [3.05, 3.63) is 11.9 Å². The summed E-state index contributed by atoms with van der Waals surface area (Å²) in [7, 11) is 0. The molecule has 0 unspecified atom stereocenters. The van der Waals surface area contributed by atoms with Crippen LogP contribution < -0.4 is 0 Å². The molecule has 0 aliphatic rings. The molecule has 7 nitrogen and oxygen atoms in total. The number of aromatic amines is 1. The Balaban J connectivity index is 2.71. The zero-order valence-corrected chi connectivity index (χ0v) is 8.30. The summed E-state index contributed by atoms with van der Waals surface area (Å²) in [4.78, 5) is 23.4. The Bertz CT molecular complexity index is 336. The van der Waals surface area contributed by atoms with Crippen LogP contribution >= 0.6 is 0 Å². The van der Waals surface area contributed by atoms with E-state index in [4.69, 9.17) is 5.11 Å². The number of hydrogen-bond donors (Lipinski definition) is 2. The van der Waals surface area contributed by atoms with Crippen molar-refractivity contribution < 1.29 is 14.7 Å². The predicted molar refractivity (Wildman–Crippen MR) is 50.2 cm³/mol. The Labute approximate surface area is 86.1 Å². The van der Waals surface area contributed by atoms with Gasteiger partial charge in [0.1, 0.15) is 6.54 Å². The molecule has 0 bridgehead atoms. The second kappa shape index (κ2) is 5.08. The maximum Gasteiger partial charge on any atom is 0.323 e. The van der Waals surface area contributed by atoms with Crippen molar-refractivity contribution in [3.8, 4) is 0 Å². The van der Waals surface area contributed by atoms with E-state index in [-0.39, 0.29) is 12.2 Å². The number of rotatable bonds is 5. The van der Waals surface area contributed by atoms with Gasteiger partial charge in [0.15, 0.2) is 5.69 Å². The number of carbonyl (C=O) groups is 2. The molecule has 0 aliphatic carbocycles. The van der Waals surface area contributed by atoms with E-state index in [2.05, 4.69) is 15.4 Å². The van der Waals surface area contributed by atoms with Crippen LogP contribution in [0.1, 0.15) is 23.8 Å². The number of amides is 1. The molecule has 82 valence electrons. The van der Waals surface area contributed by atoms with Crippen molar-refractivity contribution in [1.82, 2.24) is 20.3 Å². The van der Waals surface area contributed by atoms with E-state index in [9.17, 15) is 9.59 Å². The molecule has 7 heteroatoms. The second-order valence-corrected chi connectivity index (χ2v) is 2.98. The third-order valence-electron chi connectivity index (χ3n) is 1.74. The molecule has 0 saturated carbocycles. The fraction of sp³-hybridized carbons (Fsp3) is 0.500. The van der Waals surface area contributed by atoms with Crippen LogP contribution in [-0.2, 0) is 4.79 Å². The Hall–Kier alpha value is -1.92. The summed E-state index contributed by atoms with van der Waals surface area (Å²) in [6.45, 7) is 1.93. The number of aromatic nitrogens is 3. The smallest absolute Gasteiger partial charge is 0.323 e. The highest BCUT2D eigenvalue weighted by Crippen LogP contribution is 2.00. The monoisotopic (exact) mass is 212 g/mol. The van der Waals surface area contributed by atoms with Gasteiger partial charge in [0, 0.05) is 6.54 Å². The van der Waals surface area contributed by atoms with E-state index >= 15 is 0 Å². The summed E-state index contributed by atoms with van der Waals surface area (Å²) in [6.07, 6.45) is 1.96. The van der Waals surface area contributed by atoms with Crippen LogP contribution in [0.5, 0.6) is 0 Å². The lowest BCUT2D eigenvalue weighted by molar-refractivity contribution is -0.137. The standard InChI is InChI=1S/C8H12N4O3/c1-2-3-12(5-7(13)14)8(15)6-4-9-11-10-6/h4H,2-3,5H2,1H3,(H,13,14)(H,9,10,11). The van der Waals surface area contributed by atoms with Gasteiger partial charge in [-0.15, -0.1) is 0 Å². The fourth-order valence-corrected chi connectivity index (χ4v) is 1.15. The molecule has 0 aliphatic heterocycles. The van der Waals surface area contributed by atoms with Crippen molar-refractivity contribution in [2.45, 2.75) is 13.3 Å². The van der Waals surface area contributed by atoms with E-state index in [1.165, 1.54) is 11.1 Å². The van der Waals surface area contributed by atoms with Crippen molar-refractivity contribution in [1.29, 1.82) is 0 Å². The van der Waals surface area contributed by atoms with Gasteiger partial charge in [-0.2, -0.15) is 15.4 Å². The highest BCUT2D eigenvalue weighted by molar-refractivity contribution is 5.93. The quantitative estimate of drug-likeness (QED) is 0.700. The van der Waals surface area contributed by atoms with Gasteiger partial charge in [-0.3, -0.25) is 9.59 Å². The van der Waals surface area contributed by atoms with Gasteiger partial charge in [0.05, 0.1) is 6.20 Å². The van der Waals surface area contributed by atoms with Crippen LogP contribution in [0.15, 0.2) is 6.20 Å². The first-order valence-electron chi connectivity index (χ1n) is 4.52. The molecule has 1 aromatic rings. The number of nitrogens with zero attached hydrogens (tertiary/aromatic N) is 3. The summed E-state index contributed by atoms with van der Waals surface area (Å²) < 4.78 is 0. The van der Waals surface area contributed by atoms with Crippen molar-refractivity contribution in [2.24, 2.45) is 0 Å². The first-order chi connectivity index (χ1) is 7.15. The maximum atomic E-state index is 11.7. The van der Waals surface area contributed by atoms with Gasteiger partial charge in [0.2, 0.25) is 0 Å². The third kappa shape index (κ3) is 3.04. The highest BCUT2D eigenvalue weighted by Gasteiger charge is 2.19. The molecule has 1 amide bonds. The molecular weight excluding hydrogens is 200 g/mol. The predicted octanol–water partition coefficient (Wildman–Crippen LogP) is -0.259. The van der Waals surface area contributed by atoms with Gasteiger partial charge >= 0.3 is 5.97 Å². The van der Waals surface area contributed by atoms with Crippen molar-refractivity contribution in [3.63, 3.8) is 0 Å². The maximum absolute atomic E-state index is 11.7. The third-order valence-corrected chi connectivity index (χ3v) is 1.74. The Morgan fingerprint density at radius 2 is 2.33 bits per heavy atom.